The zero-order chi connectivity index (χ0) is 15.9. The summed E-state index contributed by atoms with van der Waals surface area (Å²) in [4.78, 5) is 16.2. The van der Waals surface area contributed by atoms with Crippen molar-refractivity contribution >= 4 is 16.9 Å². The molecule has 3 heteroatoms. The summed E-state index contributed by atoms with van der Waals surface area (Å²) >= 11 is 0. The van der Waals surface area contributed by atoms with Gasteiger partial charge in [0.05, 0.1) is 7.11 Å². The van der Waals surface area contributed by atoms with E-state index in [1.165, 1.54) is 27.5 Å². The Morgan fingerprint density at radius 3 is 2.36 bits per heavy atom. The van der Waals surface area contributed by atoms with E-state index in [0.29, 0.717) is 0 Å². The average molecular weight is 292 g/mol. The molecule has 110 valence electrons. The van der Waals surface area contributed by atoms with E-state index in [1.807, 2.05) is 12.1 Å². The zero-order valence-electron chi connectivity index (χ0n) is 12.5. The van der Waals surface area contributed by atoms with Gasteiger partial charge in [0.15, 0.2) is 0 Å². The monoisotopic (exact) mass is 292 g/mol. The van der Waals surface area contributed by atoms with E-state index in [9.17, 15) is 0 Å². The smallest absolute Gasteiger partial charge is 0.373 e. The molecule has 0 fully saturated rings. The Labute approximate surface area is 129 Å². The Hall–Kier alpha value is -2.90. The fraction of sp³-hybridized carbons (Fsp3) is 0.105. The topological polar surface area (TPSA) is 43.4 Å². The van der Waals surface area contributed by atoms with Crippen LogP contribution < -0.4 is 4.74 Å². The Morgan fingerprint density at radius 1 is 0.909 bits per heavy atom. The molecule has 0 aliphatic carbocycles. The van der Waals surface area contributed by atoms with Crippen LogP contribution in [0.25, 0.3) is 21.9 Å². The van der Waals surface area contributed by atoms with Crippen molar-refractivity contribution in [3.05, 3.63) is 66.2 Å². The van der Waals surface area contributed by atoms with Crippen molar-refractivity contribution in [2.24, 2.45) is 0 Å². The van der Waals surface area contributed by atoms with Crippen LogP contribution in [0.3, 0.4) is 0 Å². The van der Waals surface area contributed by atoms with E-state index < -0.39 is 0 Å². The molecule has 0 saturated carbocycles. The van der Waals surface area contributed by atoms with Crippen LogP contribution in [0.1, 0.15) is 5.56 Å². The van der Waals surface area contributed by atoms with Gasteiger partial charge in [-0.1, -0.05) is 48.5 Å². The Bertz CT molecular complexity index is 816. The van der Waals surface area contributed by atoms with Crippen LogP contribution in [0, 0.1) is 6.92 Å². The molecule has 0 spiro atoms. The molecule has 3 aromatic carbocycles. The van der Waals surface area contributed by atoms with Gasteiger partial charge in [0.2, 0.25) is 0 Å². The van der Waals surface area contributed by atoms with Crippen LogP contribution in [0.4, 0.5) is 0 Å². The standard InChI is InChI=1S/C18H16O.CO2/c1-13-17-9-4-3-6-14(17)10-11-18(13)15-7-5-8-16(12-15)19-2;2-1-3/h3-12H,1-2H3;. The first-order valence-electron chi connectivity index (χ1n) is 6.83. The third kappa shape index (κ3) is 3.22. The molecule has 0 N–H and O–H groups in total. The molecule has 0 heterocycles. The van der Waals surface area contributed by atoms with E-state index in [0.717, 1.165) is 5.75 Å². The third-order valence-electron chi connectivity index (χ3n) is 3.58. The molecule has 0 aliphatic rings. The fourth-order valence-corrected chi connectivity index (χ4v) is 2.53. The highest BCUT2D eigenvalue weighted by Gasteiger charge is 2.06. The molecule has 3 nitrogen and oxygen atoms in total. The lowest BCUT2D eigenvalue weighted by atomic mass is 9.95. The summed E-state index contributed by atoms with van der Waals surface area (Å²) in [5.41, 5.74) is 3.77. The number of ether oxygens (including phenoxy) is 1. The number of aryl methyl sites for hydroxylation is 1. The van der Waals surface area contributed by atoms with Crippen LogP contribution in [-0.2, 0) is 9.59 Å². The minimum absolute atomic E-state index is 0.250. The number of methoxy groups -OCH3 is 1. The molecule has 3 aromatic rings. The second-order valence-electron chi connectivity index (χ2n) is 4.77. The largest absolute Gasteiger partial charge is 0.497 e. The zero-order valence-corrected chi connectivity index (χ0v) is 12.5. The molecule has 0 aliphatic heterocycles. The Morgan fingerprint density at radius 2 is 1.64 bits per heavy atom. The molecular weight excluding hydrogens is 276 g/mol. The minimum Gasteiger partial charge on any atom is -0.497 e. The molecule has 0 amide bonds. The van der Waals surface area contributed by atoms with Crippen molar-refractivity contribution in [3.63, 3.8) is 0 Å². The summed E-state index contributed by atoms with van der Waals surface area (Å²) in [5, 5.41) is 2.59. The van der Waals surface area contributed by atoms with Crippen molar-refractivity contribution in [2.45, 2.75) is 6.92 Å². The summed E-state index contributed by atoms with van der Waals surface area (Å²) in [6, 6.07) is 21.1. The maximum atomic E-state index is 8.12. The Kier molecular flexibility index (Phi) is 5.07. The lowest BCUT2D eigenvalue weighted by molar-refractivity contribution is -0.191. The molecule has 0 atom stereocenters. The molecule has 0 saturated heterocycles. The average Bonchev–Trinajstić information content (AvgIpc) is 2.56. The molecule has 3 rings (SSSR count). The lowest BCUT2D eigenvalue weighted by Crippen LogP contribution is -1.87. The number of rotatable bonds is 2. The van der Waals surface area contributed by atoms with Gasteiger partial charge in [0, 0.05) is 0 Å². The highest BCUT2D eigenvalue weighted by molar-refractivity contribution is 5.91. The Balaban J connectivity index is 0.000000545. The summed E-state index contributed by atoms with van der Waals surface area (Å²) in [7, 11) is 1.70. The predicted molar refractivity (Wildman–Crippen MR) is 85.7 cm³/mol. The third-order valence-corrected chi connectivity index (χ3v) is 3.58. The first-order valence-corrected chi connectivity index (χ1v) is 6.83. The second-order valence-corrected chi connectivity index (χ2v) is 4.77. The van der Waals surface area contributed by atoms with E-state index >= 15 is 0 Å². The van der Waals surface area contributed by atoms with Gasteiger partial charge < -0.3 is 4.74 Å². The van der Waals surface area contributed by atoms with Crippen LogP contribution in [-0.4, -0.2) is 13.3 Å². The highest BCUT2D eigenvalue weighted by Crippen LogP contribution is 2.31. The van der Waals surface area contributed by atoms with Gasteiger partial charge >= 0.3 is 6.15 Å². The molecule has 22 heavy (non-hydrogen) atoms. The predicted octanol–water partition coefficient (Wildman–Crippen LogP) is 4.24. The molecule has 0 unspecified atom stereocenters. The lowest BCUT2D eigenvalue weighted by Gasteiger charge is -2.10. The van der Waals surface area contributed by atoms with Crippen molar-refractivity contribution in [2.75, 3.05) is 7.11 Å². The van der Waals surface area contributed by atoms with Crippen molar-refractivity contribution in [1.29, 1.82) is 0 Å². The fourth-order valence-electron chi connectivity index (χ4n) is 2.53. The summed E-state index contributed by atoms with van der Waals surface area (Å²) < 4.78 is 5.30. The molecule has 0 radical (unpaired) electrons. The maximum Gasteiger partial charge on any atom is 0.373 e. The number of hydrogen-bond donors (Lipinski definition) is 0. The minimum atomic E-state index is 0.250. The maximum absolute atomic E-state index is 8.12. The van der Waals surface area contributed by atoms with E-state index in [2.05, 4.69) is 55.5 Å². The van der Waals surface area contributed by atoms with E-state index in [1.54, 1.807) is 7.11 Å². The van der Waals surface area contributed by atoms with Crippen molar-refractivity contribution < 1.29 is 14.3 Å². The van der Waals surface area contributed by atoms with Gasteiger partial charge in [0.25, 0.3) is 0 Å². The number of fused-ring (bicyclic) bond motifs is 1. The normalized spacial score (nSPS) is 9.55. The van der Waals surface area contributed by atoms with Crippen LogP contribution in [0.2, 0.25) is 0 Å². The second kappa shape index (κ2) is 7.21. The highest BCUT2D eigenvalue weighted by atomic mass is 16.5. The van der Waals surface area contributed by atoms with Crippen LogP contribution in [0.5, 0.6) is 5.75 Å². The molecule has 0 bridgehead atoms. The summed E-state index contributed by atoms with van der Waals surface area (Å²) in [6.07, 6.45) is 0.250. The number of hydrogen-bond acceptors (Lipinski definition) is 3. The summed E-state index contributed by atoms with van der Waals surface area (Å²) in [5.74, 6) is 0.894. The van der Waals surface area contributed by atoms with Crippen molar-refractivity contribution in [1.82, 2.24) is 0 Å². The number of benzene rings is 3. The van der Waals surface area contributed by atoms with Gasteiger partial charge in [-0.3, -0.25) is 0 Å². The van der Waals surface area contributed by atoms with Gasteiger partial charge in [-0.05, 0) is 46.5 Å². The van der Waals surface area contributed by atoms with Crippen LogP contribution in [0.15, 0.2) is 60.7 Å². The van der Waals surface area contributed by atoms with Gasteiger partial charge in [0.1, 0.15) is 5.75 Å². The quantitative estimate of drug-likeness (QED) is 0.709. The van der Waals surface area contributed by atoms with Crippen LogP contribution >= 0.6 is 0 Å². The molecular formula is C19H16O3. The summed E-state index contributed by atoms with van der Waals surface area (Å²) in [6.45, 7) is 2.18. The first kappa shape index (κ1) is 15.5. The van der Waals surface area contributed by atoms with Gasteiger partial charge in [-0.2, -0.15) is 9.59 Å². The first-order chi connectivity index (χ1) is 10.7. The number of carbonyl (C=O) groups excluding carboxylic acids is 2. The van der Waals surface area contributed by atoms with Crippen molar-refractivity contribution in [3.8, 4) is 16.9 Å². The van der Waals surface area contributed by atoms with Gasteiger partial charge in [-0.25, -0.2) is 0 Å². The van der Waals surface area contributed by atoms with E-state index in [4.69, 9.17) is 14.3 Å². The van der Waals surface area contributed by atoms with Gasteiger partial charge in [-0.15, -0.1) is 0 Å². The SMILES string of the molecule is COc1cccc(-c2ccc3ccccc3c2C)c1.O=C=O. The molecule has 0 aromatic heterocycles. The van der Waals surface area contributed by atoms with E-state index in [-0.39, 0.29) is 6.15 Å².